The lowest BCUT2D eigenvalue weighted by atomic mass is 9.87. The summed E-state index contributed by atoms with van der Waals surface area (Å²) in [5, 5.41) is 5.75. The normalized spacial score (nSPS) is 17.6. The molecule has 2 aliphatic heterocycles. The molecule has 0 aliphatic carbocycles. The smallest absolute Gasteiger partial charge is 0.158 e. The minimum absolute atomic E-state index is 0.410. The molecule has 0 atom stereocenters. The Balaban J connectivity index is 1.28. The molecule has 0 saturated carbocycles. The molecule has 1 fully saturated rings. The van der Waals surface area contributed by atoms with Crippen molar-refractivity contribution in [3.05, 3.63) is 65.1 Å². The van der Waals surface area contributed by atoms with E-state index in [1.54, 1.807) is 6.33 Å². The van der Waals surface area contributed by atoms with Gasteiger partial charge in [0.15, 0.2) is 5.65 Å². The van der Waals surface area contributed by atoms with Gasteiger partial charge in [0.2, 0.25) is 0 Å². The van der Waals surface area contributed by atoms with E-state index in [9.17, 15) is 0 Å². The molecule has 5 heterocycles. The minimum atomic E-state index is 0.410. The van der Waals surface area contributed by atoms with Crippen LogP contribution in [-0.2, 0) is 0 Å². The Morgan fingerprint density at radius 2 is 1.94 bits per heavy atom. The number of hydrogen-bond donors (Lipinski definition) is 1. The van der Waals surface area contributed by atoms with Crippen molar-refractivity contribution in [3.63, 3.8) is 0 Å². The molecule has 35 heavy (non-hydrogen) atoms. The highest BCUT2D eigenvalue weighted by Crippen LogP contribution is 2.38. The topological polar surface area (TPSA) is 61.6 Å². The number of nitrogens with zero attached hydrogens (tertiary/aromatic N) is 5. The number of nitrogens with one attached hydrogen (secondary N) is 1. The fraction of sp³-hybridized carbons (Fsp3) is 0.414. The van der Waals surface area contributed by atoms with Gasteiger partial charge >= 0.3 is 0 Å². The monoisotopic (exact) mass is 466 g/mol. The van der Waals surface area contributed by atoms with Crippen molar-refractivity contribution >= 4 is 22.3 Å². The van der Waals surface area contributed by atoms with Crippen LogP contribution >= 0.6 is 0 Å². The molecule has 2 aliphatic rings. The van der Waals surface area contributed by atoms with Crippen molar-refractivity contribution in [1.29, 1.82) is 0 Å². The van der Waals surface area contributed by atoms with E-state index >= 15 is 0 Å². The fourth-order valence-corrected chi connectivity index (χ4v) is 5.96. The van der Waals surface area contributed by atoms with Crippen LogP contribution in [0.3, 0.4) is 0 Å². The highest BCUT2D eigenvalue weighted by Gasteiger charge is 2.24. The summed E-state index contributed by atoms with van der Waals surface area (Å²) in [6.45, 7) is 13.1. The zero-order chi connectivity index (χ0) is 24.1. The van der Waals surface area contributed by atoms with Crippen molar-refractivity contribution < 1.29 is 0 Å². The van der Waals surface area contributed by atoms with Crippen LogP contribution < -0.4 is 0 Å². The number of likely N-dealkylation sites (tertiary alicyclic amines) is 1. The SMILES string of the molecule is CC1=NCC(CN2CCC(c3ccc4[nH]c(-c5cc(C)c6ncnn6c5)c(C(C)C)c4c3)CC2)=C1. The number of aryl methyl sites for hydroxylation is 1. The van der Waals surface area contributed by atoms with Gasteiger partial charge in [-0.2, -0.15) is 5.10 Å². The molecule has 1 saturated heterocycles. The standard InChI is InChI=1S/C29H34N6/c1-18(2)27-25-13-23(22-7-9-34(10-8-22)15-21-12-20(4)30-14-21)5-6-26(25)33-28(27)24-11-19(3)29-31-17-32-35(29)16-24/h5-6,11-13,16-18,22,33H,7-10,14-15H2,1-4H3. The van der Waals surface area contributed by atoms with E-state index < -0.39 is 0 Å². The first kappa shape index (κ1) is 22.2. The first-order chi connectivity index (χ1) is 17.0. The molecule has 180 valence electrons. The predicted molar refractivity (Wildman–Crippen MR) is 144 cm³/mol. The lowest BCUT2D eigenvalue weighted by molar-refractivity contribution is 0.228. The van der Waals surface area contributed by atoms with E-state index in [1.807, 2.05) is 4.52 Å². The Morgan fingerprint density at radius 1 is 1.11 bits per heavy atom. The highest BCUT2D eigenvalue weighted by atomic mass is 15.3. The van der Waals surface area contributed by atoms with Gasteiger partial charge < -0.3 is 4.98 Å². The number of piperidine rings is 1. The summed E-state index contributed by atoms with van der Waals surface area (Å²) >= 11 is 0. The van der Waals surface area contributed by atoms with Gasteiger partial charge in [-0.05, 0) is 98.2 Å². The Kier molecular flexibility index (Phi) is 5.56. The predicted octanol–water partition coefficient (Wildman–Crippen LogP) is 5.89. The van der Waals surface area contributed by atoms with Gasteiger partial charge in [-0.1, -0.05) is 19.9 Å². The molecule has 3 aromatic heterocycles. The van der Waals surface area contributed by atoms with Crippen LogP contribution in [0.4, 0.5) is 0 Å². The molecular weight excluding hydrogens is 432 g/mol. The number of rotatable bonds is 5. The zero-order valence-electron chi connectivity index (χ0n) is 21.2. The number of pyridine rings is 1. The van der Waals surface area contributed by atoms with E-state index in [4.69, 9.17) is 0 Å². The molecule has 0 amide bonds. The number of allylic oxidation sites excluding steroid dienone is 1. The number of aromatic amines is 1. The van der Waals surface area contributed by atoms with Crippen molar-refractivity contribution in [3.8, 4) is 11.3 Å². The minimum Gasteiger partial charge on any atom is -0.354 e. The lowest BCUT2D eigenvalue weighted by Crippen LogP contribution is -2.34. The molecule has 4 aromatic rings. The number of fused-ring (bicyclic) bond motifs is 2. The van der Waals surface area contributed by atoms with Gasteiger partial charge in [-0.3, -0.25) is 9.89 Å². The van der Waals surface area contributed by atoms with E-state index in [0.29, 0.717) is 11.8 Å². The zero-order valence-corrected chi connectivity index (χ0v) is 21.2. The highest BCUT2D eigenvalue weighted by molar-refractivity contribution is 5.95. The summed E-state index contributed by atoms with van der Waals surface area (Å²) in [6.07, 6.45) is 8.41. The average molecular weight is 467 g/mol. The van der Waals surface area contributed by atoms with Gasteiger partial charge in [-0.25, -0.2) is 9.50 Å². The number of H-pyrrole nitrogens is 1. The molecule has 0 bridgehead atoms. The Bertz CT molecular complexity index is 1460. The van der Waals surface area contributed by atoms with E-state index in [0.717, 1.165) is 43.0 Å². The average Bonchev–Trinajstić information content (AvgIpc) is 3.57. The third-order valence-corrected chi connectivity index (χ3v) is 7.72. The van der Waals surface area contributed by atoms with Gasteiger partial charge in [-0.15, -0.1) is 0 Å². The summed E-state index contributed by atoms with van der Waals surface area (Å²) < 4.78 is 1.88. The van der Waals surface area contributed by atoms with Crippen molar-refractivity contribution in [1.82, 2.24) is 24.5 Å². The largest absolute Gasteiger partial charge is 0.354 e. The third-order valence-electron chi connectivity index (χ3n) is 7.72. The maximum Gasteiger partial charge on any atom is 0.158 e. The van der Waals surface area contributed by atoms with Crippen LogP contribution in [0.15, 0.2) is 53.4 Å². The van der Waals surface area contributed by atoms with Gasteiger partial charge in [0.05, 0.1) is 12.2 Å². The quantitative estimate of drug-likeness (QED) is 0.399. The van der Waals surface area contributed by atoms with E-state index in [1.165, 1.54) is 51.9 Å². The first-order valence-electron chi connectivity index (χ1n) is 12.8. The Morgan fingerprint density at radius 3 is 2.69 bits per heavy atom. The number of hydrogen-bond acceptors (Lipinski definition) is 4. The lowest BCUT2D eigenvalue weighted by Gasteiger charge is -2.32. The summed E-state index contributed by atoms with van der Waals surface area (Å²) in [6, 6.07) is 9.32. The van der Waals surface area contributed by atoms with Crippen molar-refractivity contribution in [2.24, 2.45) is 4.99 Å². The van der Waals surface area contributed by atoms with Crippen LogP contribution in [0.25, 0.3) is 27.8 Å². The molecule has 0 unspecified atom stereocenters. The molecule has 6 heteroatoms. The molecule has 1 aromatic carbocycles. The molecular formula is C29H34N6. The van der Waals surface area contributed by atoms with Crippen LogP contribution in [0.1, 0.15) is 62.1 Å². The molecule has 1 N–H and O–H groups in total. The summed E-state index contributed by atoms with van der Waals surface area (Å²) in [5.41, 5.74) is 11.1. The van der Waals surface area contributed by atoms with Crippen LogP contribution in [0.2, 0.25) is 0 Å². The van der Waals surface area contributed by atoms with Crippen molar-refractivity contribution in [2.75, 3.05) is 26.2 Å². The Hall–Kier alpha value is -3.25. The van der Waals surface area contributed by atoms with Gasteiger partial charge in [0.25, 0.3) is 0 Å². The second-order valence-corrected chi connectivity index (χ2v) is 10.6. The maximum absolute atomic E-state index is 4.52. The van der Waals surface area contributed by atoms with Crippen LogP contribution in [0.5, 0.6) is 0 Å². The molecule has 6 nitrogen and oxygen atoms in total. The summed E-state index contributed by atoms with van der Waals surface area (Å²) in [7, 11) is 0. The van der Waals surface area contributed by atoms with E-state index in [2.05, 4.69) is 89.2 Å². The fourth-order valence-electron chi connectivity index (χ4n) is 5.96. The molecule has 0 radical (unpaired) electrons. The Labute approximate surface area is 206 Å². The summed E-state index contributed by atoms with van der Waals surface area (Å²) in [5.74, 6) is 1.03. The van der Waals surface area contributed by atoms with Crippen LogP contribution in [0, 0.1) is 6.92 Å². The van der Waals surface area contributed by atoms with Crippen molar-refractivity contribution in [2.45, 2.75) is 52.4 Å². The van der Waals surface area contributed by atoms with Gasteiger partial charge in [0.1, 0.15) is 6.33 Å². The number of benzene rings is 1. The third kappa shape index (κ3) is 4.10. The van der Waals surface area contributed by atoms with Crippen LogP contribution in [-0.4, -0.2) is 56.4 Å². The first-order valence-corrected chi connectivity index (χ1v) is 12.8. The molecule has 0 spiro atoms. The van der Waals surface area contributed by atoms with Gasteiger partial charge in [0, 0.05) is 34.9 Å². The van der Waals surface area contributed by atoms with E-state index in [-0.39, 0.29) is 0 Å². The number of aromatic nitrogens is 4. The molecule has 6 rings (SSSR count). The second-order valence-electron chi connectivity index (χ2n) is 10.6. The number of aliphatic imine (C=N–C) groups is 1. The maximum atomic E-state index is 4.52. The summed E-state index contributed by atoms with van der Waals surface area (Å²) in [4.78, 5) is 15.3. The second kappa shape index (κ2) is 8.76.